The zero-order valence-corrected chi connectivity index (χ0v) is 20.8. The fourth-order valence-corrected chi connectivity index (χ4v) is 7.73. The molecular weight excluding hydrogens is 440 g/mol. The molecule has 2 N–H and O–H groups in total. The van der Waals surface area contributed by atoms with E-state index in [0.717, 1.165) is 52.4 Å². The second-order valence-corrected chi connectivity index (χ2v) is 12.0. The zero-order valence-electron chi connectivity index (χ0n) is 19.2. The normalized spacial score (nSPS) is 18.0. The molecule has 0 aromatic heterocycles. The van der Waals surface area contributed by atoms with Crippen molar-refractivity contribution in [2.45, 2.75) is 100 Å². The van der Waals surface area contributed by atoms with Crippen molar-refractivity contribution in [2.75, 3.05) is 11.5 Å². The van der Waals surface area contributed by atoms with Gasteiger partial charge in [0.15, 0.2) is 0 Å². The van der Waals surface area contributed by atoms with E-state index in [2.05, 4.69) is 11.8 Å². The molecule has 0 saturated heterocycles. The van der Waals surface area contributed by atoms with Crippen LogP contribution in [0.1, 0.15) is 109 Å². The van der Waals surface area contributed by atoms with Gasteiger partial charge in [-0.3, -0.25) is 0 Å². The van der Waals surface area contributed by atoms with Crippen LogP contribution < -0.4 is 0 Å². The Morgan fingerprint density at radius 1 is 0.750 bits per heavy atom. The molecule has 0 radical (unpaired) electrons. The summed E-state index contributed by atoms with van der Waals surface area (Å²) in [5.74, 6) is -0.168. The zero-order chi connectivity index (χ0) is 22.8. The molecule has 0 aliphatic heterocycles. The number of aryl methyl sites for hydroxylation is 1. The Morgan fingerprint density at radius 3 is 1.78 bits per heavy atom. The van der Waals surface area contributed by atoms with Gasteiger partial charge in [-0.05, 0) is 80.1 Å². The van der Waals surface area contributed by atoms with Gasteiger partial charge in [-0.25, -0.2) is 9.59 Å². The van der Waals surface area contributed by atoms with Crippen LogP contribution in [0.5, 0.6) is 0 Å². The van der Waals surface area contributed by atoms with E-state index in [-0.39, 0.29) is 11.1 Å². The average Bonchev–Trinajstić information content (AvgIpc) is 2.80. The van der Waals surface area contributed by atoms with E-state index in [1.165, 1.54) is 70.3 Å². The molecule has 0 amide bonds. The highest BCUT2D eigenvalue weighted by atomic mass is 32.2. The van der Waals surface area contributed by atoms with E-state index in [1.807, 2.05) is 17.8 Å². The van der Waals surface area contributed by atoms with Crippen molar-refractivity contribution in [3.63, 3.8) is 0 Å². The van der Waals surface area contributed by atoms with Crippen molar-refractivity contribution in [3.05, 3.63) is 34.4 Å². The molecule has 1 aromatic carbocycles. The highest BCUT2D eigenvalue weighted by molar-refractivity contribution is 8.00. The molecule has 0 spiro atoms. The molecule has 4 nitrogen and oxygen atoms in total. The van der Waals surface area contributed by atoms with Crippen molar-refractivity contribution in [3.8, 4) is 0 Å². The maximum Gasteiger partial charge on any atom is 0.336 e. The Bertz CT molecular complexity index is 752. The van der Waals surface area contributed by atoms with Crippen LogP contribution in [0, 0.1) is 0 Å². The monoisotopic (exact) mass is 478 g/mol. The topological polar surface area (TPSA) is 74.6 Å². The first-order chi connectivity index (χ1) is 15.6. The molecule has 32 heavy (non-hydrogen) atoms. The molecule has 2 fully saturated rings. The average molecular weight is 479 g/mol. The van der Waals surface area contributed by atoms with Crippen LogP contribution >= 0.6 is 23.5 Å². The first kappa shape index (κ1) is 25.5. The lowest BCUT2D eigenvalue weighted by Crippen LogP contribution is -2.15. The minimum atomic E-state index is -1.15. The van der Waals surface area contributed by atoms with Gasteiger partial charge in [-0.15, -0.1) is 0 Å². The van der Waals surface area contributed by atoms with Crippen LogP contribution in [0.2, 0.25) is 0 Å². The Hall–Kier alpha value is -1.14. The summed E-state index contributed by atoms with van der Waals surface area (Å²) in [6.45, 7) is 0. The maximum absolute atomic E-state index is 12.0. The number of thioether (sulfide) groups is 2. The first-order valence-electron chi connectivity index (χ1n) is 12.4. The fourth-order valence-electron chi connectivity index (χ4n) is 5.11. The number of rotatable bonds is 12. The van der Waals surface area contributed by atoms with Crippen LogP contribution in [-0.4, -0.2) is 44.2 Å². The summed E-state index contributed by atoms with van der Waals surface area (Å²) in [5.41, 5.74) is 1.72. The third kappa shape index (κ3) is 7.72. The number of hydrogen-bond acceptors (Lipinski definition) is 4. The van der Waals surface area contributed by atoms with Crippen LogP contribution in [0.4, 0.5) is 0 Å². The first-order valence-corrected chi connectivity index (χ1v) is 14.5. The maximum atomic E-state index is 12.0. The van der Waals surface area contributed by atoms with E-state index < -0.39 is 11.9 Å². The third-order valence-corrected chi connectivity index (χ3v) is 9.76. The minimum absolute atomic E-state index is 0.0117. The van der Waals surface area contributed by atoms with E-state index >= 15 is 0 Å². The second kappa shape index (κ2) is 13.5. The van der Waals surface area contributed by atoms with Gasteiger partial charge in [0, 0.05) is 10.5 Å². The van der Waals surface area contributed by atoms with Gasteiger partial charge < -0.3 is 10.2 Å². The van der Waals surface area contributed by atoms with Gasteiger partial charge in [0.2, 0.25) is 0 Å². The molecule has 0 atom stereocenters. The summed E-state index contributed by atoms with van der Waals surface area (Å²) in [4.78, 5) is 23.7. The third-order valence-electron chi connectivity index (χ3n) is 6.83. The van der Waals surface area contributed by atoms with Gasteiger partial charge in [0.25, 0.3) is 0 Å². The van der Waals surface area contributed by atoms with E-state index in [0.29, 0.717) is 6.42 Å². The molecule has 3 rings (SSSR count). The van der Waals surface area contributed by atoms with Crippen LogP contribution in [-0.2, 0) is 12.8 Å². The summed E-state index contributed by atoms with van der Waals surface area (Å²) in [6, 6.07) is 3.36. The molecule has 2 aliphatic rings. The number of benzene rings is 1. The largest absolute Gasteiger partial charge is 0.478 e. The molecule has 0 unspecified atom stereocenters. The quantitative estimate of drug-likeness (QED) is 0.313. The number of hydrogen-bond donors (Lipinski definition) is 2. The Labute approximate surface area is 201 Å². The lowest BCUT2D eigenvalue weighted by Gasteiger charge is -2.21. The van der Waals surface area contributed by atoms with Crippen molar-refractivity contribution < 1.29 is 19.8 Å². The predicted octanol–water partition coefficient (Wildman–Crippen LogP) is 7.08. The molecule has 6 heteroatoms. The summed E-state index contributed by atoms with van der Waals surface area (Å²) in [5, 5.41) is 20.9. The summed E-state index contributed by atoms with van der Waals surface area (Å²) in [7, 11) is 0. The molecule has 0 bridgehead atoms. The number of carboxylic acids is 2. The van der Waals surface area contributed by atoms with Gasteiger partial charge in [0.1, 0.15) is 0 Å². The SMILES string of the molecule is O=C(O)c1ccc(CCCSC2CCCCC2)c(CCCSC2CCCCC2)c1C(=O)O. The Kier molecular flexibility index (Phi) is 10.8. The lowest BCUT2D eigenvalue weighted by molar-refractivity contribution is 0.0650. The Morgan fingerprint density at radius 2 is 1.28 bits per heavy atom. The molecule has 2 saturated carbocycles. The van der Waals surface area contributed by atoms with Crippen molar-refractivity contribution in [1.82, 2.24) is 0 Å². The second-order valence-electron chi connectivity index (χ2n) is 9.20. The van der Waals surface area contributed by atoms with Gasteiger partial charge in [-0.1, -0.05) is 44.6 Å². The number of carboxylic acid groups (broad SMARTS) is 2. The molecular formula is C26H38O4S2. The van der Waals surface area contributed by atoms with Crippen molar-refractivity contribution in [1.29, 1.82) is 0 Å². The standard InChI is InChI=1S/C26H38O4S2/c27-25(28)23-16-15-19(9-7-17-31-20-10-3-1-4-11-20)22(24(23)26(29)30)14-8-18-32-21-12-5-2-6-13-21/h15-16,20-21H,1-14,17-18H2,(H,27,28)(H,29,30). The minimum Gasteiger partial charge on any atom is -0.478 e. The Balaban J connectivity index is 1.62. The number of aromatic carboxylic acids is 2. The van der Waals surface area contributed by atoms with E-state index in [4.69, 9.17) is 0 Å². The van der Waals surface area contributed by atoms with Gasteiger partial charge in [0.05, 0.1) is 11.1 Å². The van der Waals surface area contributed by atoms with Gasteiger partial charge >= 0.3 is 11.9 Å². The molecule has 2 aliphatic carbocycles. The predicted molar refractivity (Wildman–Crippen MR) is 136 cm³/mol. The summed E-state index contributed by atoms with van der Waals surface area (Å²) in [6.07, 6.45) is 16.7. The summed E-state index contributed by atoms with van der Waals surface area (Å²) >= 11 is 4.08. The van der Waals surface area contributed by atoms with Gasteiger partial charge in [-0.2, -0.15) is 23.5 Å². The molecule has 1 aromatic rings. The molecule has 0 heterocycles. The lowest BCUT2D eigenvalue weighted by atomic mass is 9.91. The fraction of sp³-hybridized carbons (Fsp3) is 0.692. The molecule has 178 valence electrons. The van der Waals surface area contributed by atoms with Crippen LogP contribution in [0.3, 0.4) is 0 Å². The van der Waals surface area contributed by atoms with Crippen LogP contribution in [0.15, 0.2) is 12.1 Å². The van der Waals surface area contributed by atoms with Crippen LogP contribution in [0.25, 0.3) is 0 Å². The van der Waals surface area contributed by atoms with E-state index in [9.17, 15) is 19.8 Å². The smallest absolute Gasteiger partial charge is 0.336 e. The highest BCUT2D eigenvalue weighted by Gasteiger charge is 2.23. The van der Waals surface area contributed by atoms with Crippen molar-refractivity contribution in [2.24, 2.45) is 0 Å². The summed E-state index contributed by atoms with van der Waals surface area (Å²) < 4.78 is 0. The van der Waals surface area contributed by atoms with Crippen molar-refractivity contribution >= 4 is 35.5 Å². The highest BCUT2D eigenvalue weighted by Crippen LogP contribution is 2.31. The number of carbonyl (C=O) groups is 2. The van der Waals surface area contributed by atoms with E-state index in [1.54, 1.807) is 0 Å².